The Kier molecular flexibility index (Phi) is 7.71. The summed E-state index contributed by atoms with van der Waals surface area (Å²) in [6.45, 7) is 8.46. The average molecular weight is 458 g/mol. The van der Waals surface area contributed by atoms with Crippen molar-refractivity contribution in [2.24, 2.45) is 5.92 Å². The summed E-state index contributed by atoms with van der Waals surface area (Å²) in [7, 11) is 0. The molecule has 0 bridgehead atoms. The molecule has 0 aliphatic carbocycles. The Morgan fingerprint density at radius 1 is 1.03 bits per heavy atom. The quantitative estimate of drug-likeness (QED) is 0.470. The third-order valence-corrected chi connectivity index (χ3v) is 6.34. The number of rotatable bonds is 8. The van der Waals surface area contributed by atoms with Gasteiger partial charge in [0.2, 0.25) is 0 Å². The summed E-state index contributed by atoms with van der Waals surface area (Å²) in [6.07, 6.45) is 0.902. The van der Waals surface area contributed by atoms with Gasteiger partial charge < -0.3 is 9.64 Å². The normalized spacial score (nSPS) is 16.1. The van der Waals surface area contributed by atoms with Gasteiger partial charge in [0.05, 0.1) is 23.7 Å². The van der Waals surface area contributed by atoms with E-state index >= 15 is 0 Å². The number of aromatic nitrogens is 2. The van der Waals surface area contributed by atoms with Crippen LogP contribution in [0.3, 0.4) is 0 Å². The molecule has 176 valence electrons. The van der Waals surface area contributed by atoms with Crippen LogP contribution >= 0.6 is 0 Å². The van der Waals surface area contributed by atoms with Crippen LogP contribution in [0.1, 0.15) is 37.4 Å². The Bertz CT molecular complexity index is 1150. The predicted octanol–water partition coefficient (Wildman–Crippen LogP) is 4.15. The molecular formula is C27H31N5O2. The van der Waals surface area contributed by atoms with Crippen LogP contribution in [-0.2, 0) is 16.1 Å². The van der Waals surface area contributed by atoms with Crippen LogP contribution < -0.4 is 4.90 Å². The summed E-state index contributed by atoms with van der Waals surface area (Å²) in [5.41, 5.74) is 3.08. The molecule has 1 aliphatic rings. The number of carbonyl (C=O) groups is 1. The van der Waals surface area contributed by atoms with Gasteiger partial charge in [-0.05, 0) is 23.6 Å². The van der Waals surface area contributed by atoms with Crippen molar-refractivity contribution < 1.29 is 9.53 Å². The molecule has 2 heterocycles. The Labute approximate surface area is 201 Å². The molecule has 2 atom stereocenters. The van der Waals surface area contributed by atoms with Crippen molar-refractivity contribution in [3.8, 4) is 6.07 Å². The van der Waals surface area contributed by atoms with Gasteiger partial charge in [-0.15, -0.1) is 0 Å². The maximum absolute atomic E-state index is 12.9. The van der Waals surface area contributed by atoms with Crippen LogP contribution in [0.15, 0.2) is 54.6 Å². The number of carbonyl (C=O) groups excluding carboxylic acids is 1. The Morgan fingerprint density at radius 3 is 2.32 bits per heavy atom. The van der Waals surface area contributed by atoms with Gasteiger partial charge in [0.25, 0.3) is 0 Å². The fourth-order valence-corrected chi connectivity index (χ4v) is 4.04. The number of nitrogens with zero attached hydrogens (tertiary/aromatic N) is 5. The van der Waals surface area contributed by atoms with Gasteiger partial charge in [0.1, 0.15) is 5.69 Å². The molecule has 34 heavy (non-hydrogen) atoms. The Morgan fingerprint density at radius 2 is 1.68 bits per heavy atom. The number of esters is 1. The van der Waals surface area contributed by atoms with E-state index < -0.39 is 11.9 Å². The van der Waals surface area contributed by atoms with Gasteiger partial charge in [-0.1, -0.05) is 62.7 Å². The molecule has 2 aromatic carbocycles. The van der Waals surface area contributed by atoms with Crippen molar-refractivity contribution in [1.82, 2.24) is 14.9 Å². The molecule has 0 unspecified atom stereocenters. The van der Waals surface area contributed by atoms with E-state index in [0.29, 0.717) is 23.6 Å². The highest BCUT2D eigenvalue weighted by Crippen LogP contribution is 2.29. The van der Waals surface area contributed by atoms with E-state index in [2.05, 4.69) is 40.1 Å². The van der Waals surface area contributed by atoms with Crippen molar-refractivity contribution in [2.75, 3.05) is 37.7 Å². The number of ether oxygens (including phenoxy) is 1. The number of hydrogen-bond donors (Lipinski definition) is 0. The summed E-state index contributed by atoms with van der Waals surface area (Å²) in [6, 6.07) is 20.1. The van der Waals surface area contributed by atoms with E-state index in [-0.39, 0.29) is 5.92 Å². The zero-order chi connectivity index (χ0) is 23.9. The van der Waals surface area contributed by atoms with Crippen LogP contribution in [0, 0.1) is 17.2 Å². The summed E-state index contributed by atoms with van der Waals surface area (Å²) in [5.74, 6) is -0.830. The van der Waals surface area contributed by atoms with Crippen molar-refractivity contribution in [3.63, 3.8) is 0 Å². The number of anilines is 1. The molecule has 0 amide bonds. The Balaban J connectivity index is 1.57. The second-order valence-electron chi connectivity index (χ2n) is 8.88. The van der Waals surface area contributed by atoms with Crippen molar-refractivity contribution in [2.45, 2.75) is 32.7 Å². The van der Waals surface area contributed by atoms with Crippen molar-refractivity contribution in [3.05, 3.63) is 65.9 Å². The van der Waals surface area contributed by atoms with E-state index in [0.717, 1.165) is 44.7 Å². The maximum atomic E-state index is 12.9. The van der Waals surface area contributed by atoms with Crippen LogP contribution in [0.25, 0.3) is 11.0 Å². The van der Waals surface area contributed by atoms with Gasteiger partial charge in [-0.2, -0.15) is 5.26 Å². The lowest BCUT2D eigenvalue weighted by atomic mass is 10.1. The van der Waals surface area contributed by atoms with E-state index in [9.17, 15) is 10.1 Å². The van der Waals surface area contributed by atoms with E-state index in [1.807, 2.05) is 44.2 Å². The fourth-order valence-electron chi connectivity index (χ4n) is 4.04. The van der Waals surface area contributed by atoms with E-state index in [1.54, 1.807) is 0 Å². The van der Waals surface area contributed by atoms with Gasteiger partial charge in [0.15, 0.2) is 11.7 Å². The highest BCUT2D eigenvalue weighted by Gasteiger charge is 2.31. The minimum Gasteiger partial charge on any atom is -0.464 e. The van der Waals surface area contributed by atoms with Gasteiger partial charge in [-0.3, -0.25) is 9.69 Å². The fraction of sp³-hybridized carbons (Fsp3) is 0.407. The van der Waals surface area contributed by atoms with Crippen molar-refractivity contribution >= 4 is 22.8 Å². The molecule has 7 nitrogen and oxygen atoms in total. The highest BCUT2D eigenvalue weighted by atomic mass is 16.5. The summed E-state index contributed by atoms with van der Waals surface area (Å²) >= 11 is 0. The van der Waals surface area contributed by atoms with Crippen LogP contribution in [0.2, 0.25) is 0 Å². The highest BCUT2D eigenvalue weighted by molar-refractivity contribution is 5.85. The third-order valence-electron chi connectivity index (χ3n) is 6.34. The average Bonchev–Trinajstić information content (AvgIpc) is 2.88. The molecule has 4 rings (SSSR count). The molecule has 0 saturated carbocycles. The molecule has 1 saturated heterocycles. The van der Waals surface area contributed by atoms with Gasteiger partial charge >= 0.3 is 5.97 Å². The predicted molar refractivity (Wildman–Crippen MR) is 132 cm³/mol. The summed E-state index contributed by atoms with van der Waals surface area (Å²) < 4.78 is 5.48. The standard InChI is InChI=1S/C27H31N5O2/c1-3-20(2)19-34-27(33)22(17-28)25-26(30-24-12-8-7-11-23(24)29-25)32-15-13-31(14-16-32)18-21-9-5-4-6-10-21/h4-12,20,22H,3,13-16,18-19H2,1-2H3/t20-,22-/m0/s1. The monoisotopic (exact) mass is 457 g/mol. The Hall–Kier alpha value is -3.50. The number of fused-ring (bicyclic) bond motifs is 1. The second kappa shape index (κ2) is 11.1. The van der Waals surface area contributed by atoms with Crippen molar-refractivity contribution in [1.29, 1.82) is 5.26 Å². The first-order valence-corrected chi connectivity index (χ1v) is 11.9. The zero-order valence-electron chi connectivity index (χ0n) is 19.9. The minimum absolute atomic E-state index is 0.239. The summed E-state index contributed by atoms with van der Waals surface area (Å²) in [5, 5.41) is 9.93. The molecule has 0 radical (unpaired) electrons. The number of para-hydroxylation sites is 2. The molecular weight excluding hydrogens is 426 g/mol. The lowest BCUT2D eigenvalue weighted by molar-refractivity contribution is -0.145. The number of piperazine rings is 1. The minimum atomic E-state index is -1.11. The van der Waals surface area contributed by atoms with E-state index in [4.69, 9.17) is 14.7 Å². The second-order valence-corrected chi connectivity index (χ2v) is 8.88. The first kappa shape index (κ1) is 23.7. The zero-order valence-corrected chi connectivity index (χ0v) is 19.9. The molecule has 0 N–H and O–H groups in total. The summed E-state index contributed by atoms with van der Waals surface area (Å²) in [4.78, 5) is 27.0. The largest absolute Gasteiger partial charge is 0.464 e. The SMILES string of the molecule is CC[C@H](C)COC(=O)[C@@H](C#N)c1nc2ccccc2nc1N1CCN(Cc2ccccc2)CC1. The van der Waals surface area contributed by atoms with Gasteiger partial charge in [0, 0.05) is 32.7 Å². The molecule has 3 aromatic rings. The lowest BCUT2D eigenvalue weighted by Crippen LogP contribution is -2.46. The lowest BCUT2D eigenvalue weighted by Gasteiger charge is -2.36. The van der Waals surface area contributed by atoms with Crippen LogP contribution in [-0.4, -0.2) is 53.6 Å². The maximum Gasteiger partial charge on any atom is 0.329 e. The molecule has 7 heteroatoms. The molecule has 0 spiro atoms. The van der Waals surface area contributed by atoms with Gasteiger partial charge in [-0.25, -0.2) is 9.97 Å². The number of nitriles is 1. The van der Waals surface area contributed by atoms with Crippen LogP contribution in [0.5, 0.6) is 0 Å². The first-order valence-electron chi connectivity index (χ1n) is 11.9. The topological polar surface area (TPSA) is 82.3 Å². The molecule has 1 aliphatic heterocycles. The molecule has 1 fully saturated rings. The number of hydrogen-bond acceptors (Lipinski definition) is 7. The molecule has 1 aromatic heterocycles. The number of benzene rings is 2. The first-order chi connectivity index (χ1) is 16.6. The smallest absolute Gasteiger partial charge is 0.329 e. The van der Waals surface area contributed by atoms with Crippen LogP contribution in [0.4, 0.5) is 5.82 Å². The van der Waals surface area contributed by atoms with E-state index in [1.165, 1.54) is 5.56 Å². The third kappa shape index (κ3) is 5.52.